The second-order valence-corrected chi connectivity index (χ2v) is 10.6. The number of nitrogens with two attached hydrogens (primary N) is 1. The fourth-order valence-corrected chi connectivity index (χ4v) is 5.94. The molecule has 210 valence electrons. The van der Waals surface area contributed by atoms with Crippen LogP contribution in [0.5, 0.6) is 0 Å². The summed E-state index contributed by atoms with van der Waals surface area (Å²) < 4.78 is 41.7. The number of carbonyl (C=O) groups excluding carboxylic acids is 1. The molecular weight excluding hydrogens is 516 g/mol. The molecule has 2 saturated heterocycles. The zero-order valence-electron chi connectivity index (χ0n) is 22.5. The normalized spacial score (nSPS) is 19.5. The van der Waals surface area contributed by atoms with Crippen molar-refractivity contribution in [2.75, 3.05) is 63.7 Å². The molecule has 3 aliphatic heterocycles. The van der Waals surface area contributed by atoms with Gasteiger partial charge in [-0.25, -0.2) is 9.37 Å². The number of pyridine rings is 1. The highest BCUT2D eigenvalue weighted by atomic mass is 19.1. The molecule has 6 rings (SSSR count). The molecule has 40 heavy (non-hydrogen) atoms. The summed E-state index contributed by atoms with van der Waals surface area (Å²) >= 11 is 0. The number of amides is 1. The molecule has 1 unspecified atom stereocenters. The van der Waals surface area contributed by atoms with Gasteiger partial charge >= 0.3 is 0 Å². The number of nitrogen functional groups attached to an aromatic ring is 1. The van der Waals surface area contributed by atoms with Crippen LogP contribution >= 0.6 is 0 Å². The minimum Gasteiger partial charge on any atom is -0.383 e. The topological polar surface area (TPSA) is 93.0 Å². The van der Waals surface area contributed by atoms with Crippen molar-refractivity contribution < 1.29 is 23.0 Å². The number of aromatic nitrogens is 1. The van der Waals surface area contributed by atoms with E-state index in [0.29, 0.717) is 49.4 Å². The summed E-state index contributed by atoms with van der Waals surface area (Å²) in [5, 5.41) is 2.73. The van der Waals surface area contributed by atoms with E-state index in [1.165, 1.54) is 6.07 Å². The Bertz CT molecular complexity index is 1440. The predicted octanol–water partition coefficient (Wildman–Crippen LogP) is 3.62. The molecule has 3 aromatic rings. The summed E-state index contributed by atoms with van der Waals surface area (Å²) in [6, 6.07) is 10.3. The molecule has 0 radical (unpaired) electrons. The molecule has 3 N–H and O–H groups in total. The van der Waals surface area contributed by atoms with Crippen molar-refractivity contribution in [3.63, 3.8) is 0 Å². The van der Waals surface area contributed by atoms with Crippen LogP contribution in [0.3, 0.4) is 0 Å². The van der Waals surface area contributed by atoms with Crippen LogP contribution in [0, 0.1) is 11.8 Å². The van der Waals surface area contributed by atoms with E-state index in [9.17, 15) is 4.79 Å². The van der Waals surface area contributed by atoms with Crippen LogP contribution in [0.25, 0.3) is 22.3 Å². The van der Waals surface area contributed by atoms with Gasteiger partial charge in [0.25, 0.3) is 5.91 Å². The largest absolute Gasteiger partial charge is 0.383 e. The van der Waals surface area contributed by atoms with Crippen molar-refractivity contribution in [3.8, 4) is 22.3 Å². The Morgan fingerprint density at radius 3 is 2.67 bits per heavy atom. The molecule has 8 nitrogen and oxygen atoms in total. The highest BCUT2D eigenvalue weighted by molar-refractivity contribution is 5.97. The number of hydrogen-bond donors (Lipinski definition) is 2. The number of fused-ring (bicyclic) bond motifs is 1. The van der Waals surface area contributed by atoms with Gasteiger partial charge in [0.1, 0.15) is 11.6 Å². The van der Waals surface area contributed by atoms with Crippen molar-refractivity contribution >= 4 is 17.4 Å². The van der Waals surface area contributed by atoms with Gasteiger partial charge in [-0.3, -0.25) is 9.69 Å². The third-order valence-electron chi connectivity index (χ3n) is 8.11. The molecule has 1 atom stereocenters. The van der Waals surface area contributed by atoms with Crippen LogP contribution < -0.4 is 16.0 Å². The number of anilines is 2. The molecule has 1 amide bonds. The molecule has 1 aromatic heterocycles. The fourth-order valence-electron chi connectivity index (χ4n) is 5.94. The Hall–Kier alpha value is -3.60. The third-order valence-corrected chi connectivity index (χ3v) is 8.11. The molecule has 0 saturated carbocycles. The lowest BCUT2D eigenvalue weighted by atomic mass is 9.93. The minimum atomic E-state index is -0.718. The van der Waals surface area contributed by atoms with Crippen molar-refractivity contribution in [1.29, 1.82) is 0 Å². The molecule has 0 spiro atoms. The first kappa shape index (κ1) is 26.6. The minimum absolute atomic E-state index is 0.104. The maximum atomic E-state index is 15.4. The fraction of sp³-hybridized carbons (Fsp3) is 0.400. The maximum Gasteiger partial charge on any atom is 0.251 e. The monoisotopic (exact) mass is 549 g/mol. The zero-order chi connectivity index (χ0) is 27.8. The molecular formula is C30H33F2N5O3. The number of methoxy groups -OCH3 is 1. The van der Waals surface area contributed by atoms with Gasteiger partial charge in [0.15, 0.2) is 0 Å². The van der Waals surface area contributed by atoms with E-state index in [-0.39, 0.29) is 29.0 Å². The predicted molar refractivity (Wildman–Crippen MR) is 149 cm³/mol. The van der Waals surface area contributed by atoms with Crippen LogP contribution in [-0.2, 0) is 22.4 Å². The van der Waals surface area contributed by atoms with Gasteiger partial charge in [0.05, 0.1) is 19.3 Å². The first-order valence-electron chi connectivity index (χ1n) is 13.7. The number of nitrogens with zero attached hydrogens (tertiary/aromatic N) is 3. The van der Waals surface area contributed by atoms with Gasteiger partial charge in [-0.1, -0.05) is 6.07 Å². The van der Waals surface area contributed by atoms with Crippen molar-refractivity contribution in [3.05, 3.63) is 64.9 Å². The number of nitrogens with one attached hydrogen (secondary N) is 1. The van der Waals surface area contributed by atoms with E-state index >= 15 is 8.78 Å². The highest BCUT2D eigenvalue weighted by Crippen LogP contribution is 2.37. The van der Waals surface area contributed by atoms with Gasteiger partial charge in [0.2, 0.25) is 5.95 Å². The molecule has 0 bridgehead atoms. The van der Waals surface area contributed by atoms with Gasteiger partial charge < -0.3 is 25.4 Å². The second-order valence-electron chi connectivity index (χ2n) is 10.6. The van der Waals surface area contributed by atoms with Crippen molar-refractivity contribution in [2.45, 2.75) is 25.5 Å². The van der Waals surface area contributed by atoms with Crippen LogP contribution in [0.2, 0.25) is 0 Å². The third kappa shape index (κ3) is 5.14. The lowest BCUT2D eigenvalue weighted by Crippen LogP contribution is -2.37. The summed E-state index contributed by atoms with van der Waals surface area (Å²) in [4.78, 5) is 20.8. The molecule has 10 heteroatoms. The number of hydrogen-bond acceptors (Lipinski definition) is 7. The standard InChI is InChI=1S/C30H33F2N5O3/c1-39-21-5-7-36(17-21)16-20-12-18(2-3-27(20)37-8-10-40-11-9-37)22-14-25(29(33)35-28(22)32)24-13-19-4-6-34-30(38)23(19)15-26(24)31/h2-3,12-15,21H,4-11,16-17H2,1H3,(H2,33,35)(H,34,38). The summed E-state index contributed by atoms with van der Waals surface area (Å²) in [5.74, 6) is -1.73. The van der Waals surface area contributed by atoms with E-state index in [1.807, 2.05) is 18.2 Å². The maximum absolute atomic E-state index is 15.4. The van der Waals surface area contributed by atoms with Crippen LogP contribution in [-0.4, -0.2) is 74.9 Å². The number of morpholine rings is 1. The molecule has 2 aromatic carbocycles. The Labute approximate surface area is 232 Å². The van der Waals surface area contributed by atoms with Gasteiger partial charge in [-0.2, -0.15) is 4.39 Å². The summed E-state index contributed by atoms with van der Waals surface area (Å²) in [5.41, 5.74) is 10.7. The summed E-state index contributed by atoms with van der Waals surface area (Å²) in [6.45, 7) is 5.80. The van der Waals surface area contributed by atoms with E-state index in [1.54, 1.807) is 19.2 Å². The average Bonchev–Trinajstić information content (AvgIpc) is 3.42. The van der Waals surface area contributed by atoms with E-state index < -0.39 is 11.8 Å². The lowest BCUT2D eigenvalue weighted by molar-refractivity contribution is 0.0945. The summed E-state index contributed by atoms with van der Waals surface area (Å²) in [6.07, 6.45) is 1.74. The number of benzene rings is 2. The quantitative estimate of drug-likeness (QED) is 0.454. The number of likely N-dealkylation sites (tertiary alicyclic amines) is 1. The number of carbonyl (C=O) groups is 1. The Kier molecular flexibility index (Phi) is 7.39. The van der Waals surface area contributed by atoms with Crippen molar-refractivity contribution in [1.82, 2.24) is 15.2 Å². The molecule has 2 fully saturated rings. The molecule has 3 aliphatic rings. The Balaban J connectivity index is 1.40. The summed E-state index contributed by atoms with van der Waals surface area (Å²) in [7, 11) is 1.74. The molecule has 0 aliphatic carbocycles. The van der Waals surface area contributed by atoms with E-state index in [2.05, 4.69) is 20.1 Å². The van der Waals surface area contributed by atoms with Gasteiger partial charge in [0, 0.05) is 74.3 Å². The average molecular weight is 550 g/mol. The highest BCUT2D eigenvalue weighted by Gasteiger charge is 2.26. The zero-order valence-corrected chi connectivity index (χ0v) is 22.5. The van der Waals surface area contributed by atoms with Crippen LogP contribution in [0.4, 0.5) is 20.3 Å². The van der Waals surface area contributed by atoms with E-state index in [4.69, 9.17) is 15.2 Å². The Morgan fingerprint density at radius 2 is 1.90 bits per heavy atom. The second kappa shape index (κ2) is 11.1. The van der Waals surface area contributed by atoms with Crippen LogP contribution in [0.1, 0.15) is 27.9 Å². The van der Waals surface area contributed by atoms with Gasteiger partial charge in [-0.05, 0) is 59.9 Å². The van der Waals surface area contributed by atoms with Gasteiger partial charge in [-0.15, -0.1) is 0 Å². The van der Waals surface area contributed by atoms with E-state index in [0.717, 1.165) is 49.4 Å². The molecule has 4 heterocycles. The SMILES string of the molecule is COC1CCN(Cc2cc(-c3cc(-c4cc5c(cc4F)C(=O)NCC5)c(N)nc3F)ccc2N2CCOCC2)C1. The van der Waals surface area contributed by atoms with Crippen molar-refractivity contribution in [2.24, 2.45) is 0 Å². The first-order chi connectivity index (χ1) is 19.4. The first-order valence-corrected chi connectivity index (χ1v) is 13.7. The van der Waals surface area contributed by atoms with Crippen LogP contribution in [0.15, 0.2) is 36.4 Å². The Morgan fingerprint density at radius 1 is 1.07 bits per heavy atom. The lowest BCUT2D eigenvalue weighted by Gasteiger charge is -2.32. The smallest absolute Gasteiger partial charge is 0.251 e. The number of rotatable bonds is 6. The number of halogens is 2. The number of ether oxygens (including phenoxy) is 2.